The zero-order chi connectivity index (χ0) is 18.3. The maximum atomic E-state index is 12.7. The minimum atomic E-state index is -0.332. The normalized spacial score (nSPS) is 11.0. The third-order valence-electron chi connectivity index (χ3n) is 3.92. The lowest BCUT2D eigenvalue weighted by Gasteiger charge is -2.04. The van der Waals surface area contributed by atoms with Gasteiger partial charge in [0.2, 0.25) is 0 Å². The van der Waals surface area contributed by atoms with Gasteiger partial charge in [-0.25, -0.2) is 9.50 Å². The second-order valence-electron chi connectivity index (χ2n) is 5.67. The molecule has 0 unspecified atom stereocenters. The molecule has 0 aliphatic carbocycles. The SMILES string of the molecule is O=C(c1cnc2cc(-c3ccc(Cl)cc3)nn2c1)c1cc(Br)ccc1O. The number of benzene rings is 2. The van der Waals surface area contributed by atoms with Crippen molar-refractivity contribution in [2.75, 3.05) is 0 Å². The first-order valence-corrected chi connectivity index (χ1v) is 8.83. The number of phenolic OH excluding ortho intramolecular Hbond substituents is 1. The molecule has 0 saturated carbocycles. The average Bonchev–Trinajstić information content (AvgIpc) is 3.07. The van der Waals surface area contributed by atoms with E-state index < -0.39 is 0 Å². The predicted molar refractivity (Wildman–Crippen MR) is 103 cm³/mol. The first kappa shape index (κ1) is 16.8. The number of nitrogens with zero attached hydrogens (tertiary/aromatic N) is 3. The monoisotopic (exact) mass is 427 g/mol. The highest BCUT2D eigenvalue weighted by atomic mass is 79.9. The molecule has 2 aromatic carbocycles. The van der Waals surface area contributed by atoms with E-state index in [1.54, 1.807) is 35.0 Å². The Bertz CT molecular complexity index is 1140. The Hall–Kier alpha value is -2.70. The van der Waals surface area contributed by atoms with Crippen LogP contribution in [0.5, 0.6) is 5.75 Å². The van der Waals surface area contributed by atoms with E-state index in [4.69, 9.17) is 11.6 Å². The molecule has 5 nitrogen and oxygen atoms in total. The maximum Gasteiger partial charge on any atom is 0.199 e. The molecular weight excluding hydrogens is 418 g/mol. The Morgan fingerprint density at radius 3 is 2.65 bits per heavy atom. The quantitative estimate of drug-likeness (QED) is 0.478. The zero-order valence-electron chi connectivity index (χ0n) is 13.2. The zero-order valence-corrected chi connectivity index (χ0v) is 15.6. The molecule has 0 fully saturated rings. The third kappa shape index (κ3) is 3.09. The molecule has 0 radical (unpaired) electrons. The Morgan fingerprint density at radius 1 is 1.12 bits per heavy atom. The Kier molecular flexibility index (Phi) is 4.22. The van der Waals surface area contributed by atoms with Gasteiger partial charge >= 0.3 is 0 Å². The Labute approximate surface area is 162 Å². The van der Waals surface area contributed by atoms with Gasteiger partial charge < -0.3 is 5.11 Å². The van der Waals surface area contributed by atoms with E-state index in [9.17, 15) is 9.90 Å². The van der Waals surface area contributed by atoms with Gasteiger partial charge in [-0.1, -0.05) is 39.7 Å². The fourth-order valence-corrected chi connectivity index (χ4v) is 3.09. The van der Waals surface area contributed by atoms with Crippen molar-refractivity contribution < 1.29 is 9.90 Å². The van der Waals surface area contributed by atoms with Gasteiger partial charge in [-0.2, -0.15) is 5.10 Å². The fraction of sp³-hybridized carbons (Fsp3) is 0. The predicted octanol–water partition coefficient (Wildman–Crippen LogP) is 4.75. The number of rotatable bonds is 3. The van der Waals surface area contributed by atoms with Crippen LogP contribution < -0.4 is 0 Å². The van der Waals surface area contributed by atoms with Crippen LogP contribution in [0, 0.1) is 0 Å². The van der Waals surface area contributed by atoms with Gasteiger partial charge in [-0.15, -0.1) is 0 Å². The Morgan fingerprint density at radius 2 is 1.88 bits per heavy atom. The van der Waals surface area contributed by atoms with Gasteiger partial charge in [0.1, 0.15) is 5.75 Å². The molecule has 26 heavy (non-hydrogen) atoms. The molecule has 0 atom stereocenters. The first-order valence-electron chi connectivity index (χ1n) is 7.66. The number of hydrogen-bond donors (Lipinski definition) is 1. The molecule has 128 valence electrons. The van der Waals surface area contributed by atoms with Gasteiger partial charge in [0.15, 0.2) is 11.4 Å². The number of phenols is 1. The van der Waals surface area contributed by atoms with Crippen molar-refractivity contribution >= 4 is 39.0 Å². The summed E-state index contributed by atoms with van der Waals surface area (Å²) in [5.41, 5.74) is 2.77. The molecule has 2 heterocycles. The second-order valence-corrected chi connectivity index (χ2v) is 7.02. The minimum absolute atomic E-state index is 0.0828. The standard InChI is InChI=1S/C19H11BrClN3O2/c20-13-3-6-17(25)15(7-13)19(26)12-9-22-18-8-16(23-24(18)10-12)11-1-4-14(21)5-2-11/h1-10,25H. The van der Waals surface area contributed by atoms with E-state index >= 15 is 0 Å². The van der Waals surface area contributed by atoms with Gasteiger partial charge in [-0.3, -0.25) is 4.79 Å². The third-order valence-corrected chi connectivity index (χ3v) is 4.66. The van der Waals surface area contributed by atoms with Crippen molar-refractivity contribution in [1.82, 2.24) is 14.6 Å². The number of ketones is 1. The van der Waals surface area contributed by atoms with E-state index in [0.29, 0.717) is 20.7 Å². The molecule has 2 aromatic heterocycles. The summed E-state index contributed by atoms with van der Waals surface area (Å²) < 4.78 is 2.25. The molecule has 0 aliphatic heterocycles. The van der Waals surface area contributed by atoms with Gasteiger partial charge in [-0.05, 0) is 30.3 Å². The molecule has 0 bridgehead atoms. The number of halogens is 2. The molecule has 0 amide bonds. The number of aromatic hydroxyl groups is 1. The maximum absolute atomic E-state index is 12.7. The van der Waals surface area contributed by atoms with Crippen LogP contribution in [0.3, 0.4) is 0 Å². The van der Waals surface area contributed by atoms with Crippen LogP contribution >= 0.6 is 27.5 Å². The van der Waals surface area contributed by atoms with Crippen LogP contribution in [0.25, 0.3) is 16.9 Å². The lowest BCUT2D eigenvalue weighted by atomic mass is 10.1. The van der Waals surface area contributed by atoms with E-state index in [2.05, 4.69) is 26.0 Å². The summed E-state index contributed by atoms with van der Waals surface area (Å²) in [5, 5.41) is 15.1. The number of hydrogen-bond acceptors (Lipinski definition) is 4. The molecule has 0 aliphatic rings. The molecule has 0 spiro atoms. The molecular formula is C19H11BrClN3O2. The van der Waals surface area contributed by atoms with Gasteiger partial charge in [0.05, 0.1) is 16.8 Å². The van der Waals surface area contributed by atoms with Crippen molar-refractivity contribution in [2.45, 2.75) is 0 Å². The van der Waals surface area contributed by atoms with Gasteiger partial charge in [0.25, 0.3) is 0 Å². The highest BCUT2D eigenvalue weighted by Crippen LogP contribution is 2.25. The van der Waals surface area contributed by atoms with Crippen LogP contribution in [0.2, 0.25) is 5.02 Å². The molecule has 1 N–H and O–H groups in total. The summed E-state index contributed by atoms with van der Waals surface area (Å²) in [4.78, 5) is 17.0. The van der Waals surface area contributed by atoms with E-state index in [-0.39, 0.29) is 17.1 Å². The summed E-state index contributed by atoms with van der Waals surface area (Å²) in [7, 11) is 0. The highest BCUT2D eigenvalue weighted by molar-refractivity contribution is 9.10. The lowest BCUT2D eigenvalue weighted by molar-refractivity contribution is 0.103. The smallest absolute Gasteiger partial charge is 0.199 e. The molecule has 7 heteroatoms. The van der Waals surface area contributed by atoms with Crippen molar-refractivity contribution in [1.29, 1.82) is 0 Å². The largest absolute Gasteiger partial charge is 0.507 e. The highest BCUT2D eigenvalue weighted by Gasteiger charge is 2.16. The van der Waals surface area contributed by atoms with Crippen molar-refractivity contribution in [3.05, 3.63) is 81.5 Å². The average molecular weight is 429 g/mol. The summed E-state index contributed by atoms with van der Waals surface area (Å²) in [5.74, 6) is -0.414. The number of carbonyl (C=O) groups excluding carboxylic acids is 1. The molecule has 4 aromatic rings. The van der Waals surface area contributed by atoms with Crippen LogP contribution in [0.15, 0.2) is 65.4 Å². The summed E-state index contributed by atoms with van der Waals surface area (Å²) >= 11 is 9.22. The van der Waals surface area contributed by atoms with Gasteiger partial charge in [0, 0.05) is 33.5 Å². The van der Waals surface area contributed by atoms with Crippen LogP contribution in [-0.2, 0) is 0 Å². The lowest BCUT2D eigenvalue weighted by Crippen LogP contribution is -2.05. The van der Waals surface area contributed by atoms with Crippen LogP contribution in [0.4, 0.5) is 0 Å². The van der Waals surface area contributed by atoms with E-state index in [0.717, 1.165) is 11.3 Å². The van der Waals surface area contributed by atoms with Crippen molar-refractivity contribution in [3.63, 3.8) is 0 Å². The summed E-state index contributed by atoms with van der Waals surface area (Å²) in [6.45, 7) is 0. The summed E-state index contributed by atoms with van der Waals surface area (Å²) in [6, 6.07) is 13.9. The Balaban J connectivity index is 1.74. The number of fused-ring (bicyclic) bond motifs is 1. The van der Waals surface area contributed by atoms with Crippen molar-refractivity contribution in [2.24, 2.45) is 0 Å². The van der Waals surface area contributed by atoms with Crippen LogP contribution in [-0.4, -0.2) is 25.5 Å². The number of aromatic nitrogens is 3. The first-order chi connectivity index (χ1) is 12.5. The fourth-order valence-electron chi connectivity index (χ4n) is 2.60. The minimum Gasteiger partial charge on any atom is -0.507 e. The number of carbonyl (C=O) groups is 1. The second kappa shape index (κ2) is 6.55. The molecule has 4 rings (SSSR count). The molecule has 0 saturated heterocycles. The van der Waals surface area contributed by atoms with E-state index in [1.807, 2.05) is 18.2 Å². The topological polar surface area (TPSA) is 67.5 Å². The van der Waals surface area contributed by atoms with E-state index in [1.165, 1.54) is 12.3 Å². The van der Waals surface area contributed by atoms with Crippen molar-refractivity contribution in [3.8, 4) is 17.0 Å². The van der Waals surface area contributed by atoms with Crippen LogP contribution in [0.1, 0.15) is 15.9 Å². The summed E-state index contributed by atoms with van der Waals surface area (Å²) in [6.07, 6.45) is 3.08.